The van der Waals surface area contributed by atoms with Crippen LogP contribution in [0.1, 0.15) is 70.9 Å². The molecule has 0 bridgehead atoms. The number of hydrogen-bond acceptors (Lipinski definition) is 6. The van der Waals surface area contributed by atoms with Gasteiger partial charge in [0.15, 0.2) is 0 Å². The molecule has 0 aliphatic rings. The Balaban J connectivity index is 3.35. The molecule has 0 unspecified atom stereocenters. The quantitative estimate of drug-likeness (QED) is 0.282. The number of aromatic hydroxyl groups is 2. The van der Waals surface area contributed by atoms with Gasteiger partial charge in [-0.1, -0.05) is 43.1 Å². The zero-order valence-corrected chi connectivity index (χ0v) is 19.8. The van der Waals surface area contributed by atoms with Crippen molar-refractivity contribution < 1.29 is 23.4 Å². The van der Waals surface area contributed by atoms with Crippen LogP contribution < -0.4 is 10.5 Å². The summed E-state index contributed by atoms with van der Waals surface area (Å²) in [6.07, 6.45) is 8.68. The molecule has 0 aromatic heterocycles. The third-order valence-corrected chi connectivity index (χ3v) is 6.40. The molecule has 0 saturated heterocycles. The average Bonchev–Trinajstić information content (AvgIpc) is 2.66. The minimum Gasteiger partial charge on any atom is -0.508 e. The number of carbonyl (C=O) groups is 1. The SMILES string of the molecule is CCCCCc1cc(O)c(CC=C(C)CCC=C(C)C)c(O)c1S(=O)(=O)NC(=O)CN. The first-order chi connectivity index (χ1) is 14.5. The molecule has 7 nitrogen and oxygen atoms in total. The van der Waals surface area contributed by atoms with Crippen molar-refractivity contribution in [1.82, 2.24) is 4.72 Å². The van der Waals surface area contributed by atoms with Gasteiger partial charge < -0.3 is 15.9 Å². The van der Waals surface area contributed by atoms with Crippen LogP contribution in [-0.2, 0) is 27.7 Å². The van der Waals surface area contributed by atoms with Crippen molar-refractivity contribution in [3.63, 3.8) is 0 Å². The maximum Gasteiger partial charge on any atom is 0.268 e. The summed E-state index contributed by atoms with van der Waals surface area (Å²) in [7, 11) is -4.34. The predicted octanol–water partition coefficient (Wildman–Crippen LogP) is 3.83. The van der Waals surface area contributed by atoms with E-state index in [1.807, 2.05) is 38.5 Å². The molecule has 0 spiro atoms. The van der Waals surface area contributed by atoms with E-state index in [0.29, 0.717) is 12.8 Å². The molecule has 0 aliphatic heterocycles. The molecule has 0 saturated carbocycles. The number of nitrogens with two attached hydrogens (primary N) is 1. The number of hydrogen-bond donors (Lipinski definition) is 4. The average molecular weight is 453 g/mol. The second-order valence-corrected chi connectivity index (χ2v) is 9.60. The van der Waals surface area contributed by atoms with E-state index < -0.39 is 28.2 Å². The molecule has 0 aliphatic carbocycles. The third kappa shape index (κ3) is 8.38. The maximum absolute atomic E-state index is 12.8. The minimum absolute atomic E-state index is 0.112. The molecule has 1 aromatic rings. The van der Waals surface area contributed by atoms with E-state index in [9.17, 15) is 23.4 Å². The predicted molar refractivity (Wildman–Crippen MR) is 124 cm³/mol. The molecule has 0 radical (unpaired) electrons. The summed E-state index contributed by atoms with van der Waals surface area (Å²) in [6.45, 7) is 7.53. The van der Waals surface area contributed by atoms with Crippen molar-refractivity contribution in [1.29, 1.82) is 0 Å². The largest absolute Gasteiger partial charge is 0.508 e. The van der Waals surface area contributed by atoms with Crippen LogP contribution in [0.3, 0.4) is 0 Å². The monoisotopic (exact) mass is 452 g/mol. The second-order valence-electron chi connectivity index (χ2n) is 7.98. The van der Waals surface area contributed by atoms with Crippen molar-refractivity contribution in [3.8, 4) is 11.5 Å². The number of phenols is 2. The number of benzene rings is 1. The number of amides is 1. The second kappa shape index (κ2) is 12.5. The highest BCUT2D eigenvalue weighted by Gasteiger charge is 2.28. The molecular weight excluding hydrogens is 416 g/mol. The first kappa shape index (κ1) is 26.7. The standard InChI is InChI=1S/C23H36N2O5S/c1-5-6-7-11-18-14-20(26)19(13-12-17(4)10-8-9-16(2)3)22(28)23(18)31(29,30)25-21(27)15-24/h9,12,14,26,28H,5-8,10-11,13,15,24H2,1-4H3,(H,25,27). The lowest BCUT2D eigenvalue weighted by molar-refractivity contribution is -0.118. The van der Waals surface area contributed by atoms with Crippen LogP contribution in [0.25, 0.3) is 0 Å². The van der Waals surface area contributed by atoms with Gasteiger partial charge in [-0.05, 0) is 64.5 Å². The molecule has 0 atom stereocenters. The van der Waals surface area contributed by atoms with Crippen LogP contribution >= 0.6 is 0 Å². The van der Waals surface area contributed by atoms with E-state index >= 15 is 0 Å². The summed E-state index contributed by atoms with van der Waals surface area (Å²) in [5.41, 5.74) is 7.91. The number of unbranched alkanes of at least 4 members (excludes halogenated alkanes) is 2. The molecule has 31 heavy (non-hydrogen) atoms. The normalized spacial score (nSPS) is 12.0. The Morgan fingerprint density at radius 2 is 1.84 bits per heavy atom. The van der Waals surface area contributed by atoms with Gasteiger partial charge in [-0.15, -0.1) is 0 Å². The number of allylic oxidation sites excluding steroid dienone is 4. The molecular formula is C23H36N2O5S. The van der Waals surface area contributed by atoms with Gasteiger partial charge in [-0.3, -0.25) is 4.79 Å². The third-order valence-electron chi connectivity index (χ3n) is 4.91. The number of aryl methyl sites for hydroxylation is 1. The Bertz CT molecular complexity index is 930. The Kier molecular flexibility index (Phi) is 10.8. The highest BCUT2D eigenvalue weighted by Crippen LogP contribution is 2.38. The summed E-state index contributed by atoms with van der Waals surface area (Å²) in [5, 5.41) is 21.3. The highest BCUT2D eigenvalue weighted by molar-refractivity contribution is 7.90. The van der Waals surface area contributed by atoms with Gasteiger partial charge in [-0.2, -0.15) is 0 Å². The fourth-order valence-electron chi connectivity index (χ4n) is 3.19. The van der Waals surface area contributed by atoms with Gasteiger partial charge in [-0.25, -0.2) is 13.1 Å². The Hall–Kier alpha value is -2.32. The smallest absolute Gasteiger partial charge is 0.268 e. The van der Waals surface area contributed by atoms with Crippen molar-refractivity contribution >= 4 is 15.9 Å². The molecule has 5 N–H and O–H groups in total. The zero-order valence-electron chi connectivity index (χ0n) is 19.0. The zero-order chi connectivity index (χ0) is 23.6. The van der Waals surface area contributed by atoms with E-state index in [4.69, 9.17) is 5.73 Å². The lowest BCUT2D eigenvalue weighted by atomic mass is 10.00. The van der Waals surface area contributed by atoms with Gasteiger partial charge in [0.05, 0.1) is 6.54 Å². The van der Waals surface area contributed by atoms with Gasteiger partial charge in [0, 0.05) is 5.56 Å². The van der Waals surface area contributed by atoms with Crippen LogP contribution in [-0.4, -0.2) is 31.1 Å². The summed E-state index contributed by atoms with van der Waals surface area (Å²) in [4.78, 5) is 11.3. The Labute approximate surface area is 186 Å². The van der Waals surface area contributed by atoms with Crippen LogP contribution in [0.4, 0.5) is 0 Å². The summed E-state index contributed by atoms with van der Waals surface area (Å²) < 4.78 is 27.6. The van der Waals surface area contributed by atoms with Crippen molar-refractivity contribution in [2.75, 3.05) is 6.54 Å². The molecule has 1 amide bonds. The number of nitrogens with one attached hydrogen (secondary N) is 1. The lowest BCUT2D eigenvalue weighted by Crippen LogP contribution is -2.36. The van der Waals surface area contributed by atoms with Gasteiger partial charge in [0.1, 0.15) is 16.4 Å². The van der Waals surface area contributed by atoms with Crippen LogP contribution in [0.15, 0.2) is 34.3 Å². The lowest BCUT2D eigenvalue weighted by Gasteiger charge is -2.17. The Morgan fingerprint density at radius 1 is 1.16 bits per heavy atom. The summed E-state index contributed by atoms with van der Waals surface area (Å²) >= 11 is 0. The van der Waals surface area contributed by atoms with Crippen LogP contribution in [0, 0.1) is 0 Å². The molecule has 174 valence electrons. The van der Waals surface area contributed by atoms with Crippen molar-refractivity contribution in [3.05, 3.63) is 40.5 Å². The van der Waals surface area contributed by atoms with E-state index in [1.165, 1.54) is 11.6 Å². The molecule has 0 heterocycles. The summed E-state index contributed by atoms with van der Waals surface area (Å²) in [6, 6.07) is 1.37. The van der Waals surface area contributed by atoms with E-state index in [2.05, 4.69) is 6.08 Å². The van der Waals surface area contributed by atoms with E-state index in [-0.39, 0.29) is 28.2 Å². The van der Waals surface area contributed by atoms with Crippen LogP contribution in [0.5, 0.6) is 11.5 Å². The number of sulfonamides is 1. The fraction of sp³-hybridized carbons (Fsp3) is 0.522. The highest BCUT2D eigenvalue weighted by atomic mass is 32.2. The molecule has 1 aromatic carbocycles. The molecule has 0 fully saturated rings. The number of rotatable bonds is 12. The van der Waals surface area contributed by atoms with Gasteiger partial charge in [0.2, 0.25) is 5.91 Å². The molecule has 1 rings (SSSR count). The van der Waals surface area contributed by atoms with Crippen LogP contribution in [0.2, 0.25) is 0 Å². The Morgan fingerprint density at radius 3 is 2.42 bits per heavy atom. The van der Waals surface area contributed by atoms with E-state index in [1.54, 1.807) is 0 Å². The molecule has 8 heteroatoms. The number of carbonyl (C=O) groups excluding carboxylic acids is 1. The topological polar surface area (TPSA) is 130 Å². The summed E-state index contributed by atoms with van der Waals surface area (Å²) in [5.74, 6) is -1.57. The van der Waals surface area contributed by atoms with Gasteiger partial charge >= 0.3 is 0 Å². The van der Waals surface area contributed by atoms with E-state index in [0.717, 1.165) is 31.3 Å². The minimum atomic E-state index is -4.34. The number of phenolic OH excluding ortho intramolecular Hbond substituents is 2. The maximum atomic E-state index is 12.8. The van der Waals surface area contributed by atoms with Crippen molar-refractivity contribution in [2.45, 2.75) is 77.5 Å². The first-order valence-electron chi connectivity index (χ1n) is 10.6. The fourth-order valence-corrected chi connectivity index (χ4v) is 4.56. The van der Waals surface area contributed by atoms with Gasteiger partial charge in [0.25, 0.3) is 10.0 Å². The van der Waals surface area contributed by atoms with Crippen molar-refractivity contribution in [2.24, 2.45) is 5.73 Å². The first-order valence-corrected chi connectivity index (χ1v) is 12.1.